The summed E-state index contributed by atoms with van der Waals surface area (Å²) in [6.07, 6.45) is 1.86. The lowest BCUT2D eigenvalue weighted by molar-refractivity contribution is 0.197. The molecule has 0 atom stereocenters. The van der Waals surface area contributed by atoms with Gasteiger partial charge in [0, 0.05) is 30.2 Å². The quantitative estimate of drug-likeness (QED) is 0.628. The Bertz CT molecular complexity index is 631. The summed E-state index contributed by atoms with van der Waals surface area (Å²) < 4.78 is 1.18. The van der Waals surface area contributed by atoms with Gasteiger partial charge in [0.1, 0.15) is 0 Å². The van der Waals surface area contributed by atoms with Crippen molar-refractivity contribution < 1.29 is 15.0 Å². The number of aliphatic hydroxyl groups is 1. The van der Waals surface area contributed by atoms with E-state index in [-0.39, 0.29) is 6.61 Å². The minimum absolute atomic E-state index is 0.148. The number of benzene rings is 1. The molecule has 0 fully saturated rings. The molecule has 0 amide bonds. The molecular weight excluding hydrogens is 230 g/mol. The maximum atomic E-state index is 10.9. The molecule has 4 heteroatoms. The van der Waals surface area contributed by atoms with Gasteiger partial charge < -0.3 is 10.2 Å². The number of nitrogens with zero attached hydrogens (tertiary/aromatic N) is 1. The van der Waals surface area contributed by atoms with Gasteiger partial charge in [0.05, 0.1) is 5.52 Å². The topological polar surface area (TPSA) is 62.5 Å². The van der Waals surface area contributed by atoms with Gasteiger partial charge in [-0.25, -0.2) is 4.79 Å². The van der Waals surface area contributed by atoms with Crippen molar-refractivity contribution in [2.45, 2.75) is 12.8 Å². The molecule has 0 bridgehead atoms. The Hall–Kier alpha value is -2.25. The fraction of sp³-hybridized carbons (Fsp3) is 0.214. The van der Waals surface area contributed by atoms with E-state index < -0.39 is 6.09 Å². The summed E-state index contributed by atoms with van der Waals surface area (Å²) in [5, 5.41) is 18.4. The van der Waals surface area contributed by atoms with Crippen LogP contribution in [0.15, 0.2) is 30.5 Å². The molecule has 0 spiro atoms. The van der Waals surface area contributed by atoms with Crippen LogP contribution in [0.1, 0.15) is 18.4 Å². The minimum Gasteiger partial charge on any atom is -0.464 e. The Labute approximate surface area is 104 Å². The van der Waals surface area contributed by atoms with Crippen LogP contribution in [0.5, 0.6) is 0 Å². The van der Waals surface area contributed by atoms with Crippen molar-refractivity contribution in [3.63, 3.8) is 0 Å². The summed E-state index contributed by atoms with van der Waals surface area (Å²) in [6.45, 7) is 0.148. The van der Waals surface area contributed by atoms with Crippen molar-refractivity contribution in [2.75, 3.05) is 6.61 Å². The first-order chi connectivity index (χ1) is 8.72. The lowest BCUT2D eigenvalue weighted by Gasteiger charge is -1.97. The van der Waals surface area contributed by atoms with E-state index in [9.17, 15) is 4.79 Å². The molecule has 0 unspecified atom stereocenters. The first-order valence-electron chi connectivity index (χ1n) is 5.66. The molecule has 1 heterocycles. The molecule has 0 aliphatic rings. The van der Waals surface area contributed by atoms with Crippen LogP contribution in [-0.4, -0.2) is 27.5 Å². The van der Waals surface area contributed by atoms with E-state index in [0.29, 0.717) is 18.4 Å². The number of aliphatic hydroxyl groups excluding tert-OH is 1. The van der Waals surface area contributed by atoms with E-state index in [1.807, 2.05) is 6.07 Å². The Morgan fingerprint density at radius 3 is 2.89 bits per heavy atom. The van der Waals surface area contributed by atoms with E-state index in [4.69, 9.17) is 10.2 Å². The average Bonchev–Trinajstić information content (AvgIpc) is 2.77. The third-order valence-electron chi connectivity index (χ3n) is 2.59. The fourth-order valence-corrected chi connectivity index (χ4v) is 1.72. The Morgan fingerprint density at radius 1 is 1.33 bits per heavy atom. The van der Waals surface area contributed by atoms with Crippen molar-refractivity contribution in [3.8, 4) is 11.8 Å². The number of carboxylic acid groups (broad SMARTS) is 1. The smallest absolute Gasteiger partial charge is 0.415 e. The molecule has 0 saturated heterocycles. The molecule has 4 nitrogen and oxygen atoms in total. The van der Waals surface area contributed by atoms with Crippen LogP contribution in [0.2, 0.25) is 0 Å². The molecular formula is C14H13NO3. The third-order valence-corrected chi connectivity index (χ3v) is 2.59. The highest BCUT2D eigenvalue weighted by Gasteiger charge is 2.06. The maximum absolute atomic E-state index is 10.9. The summed E-state index contributed by atoms with van der Waals surface area (Å²) in [6, 6.07) is 7.16. The SMILES string of the molecule is O=C(O)n1ccc2cc(C#CCCCO)ccc21. The van der Waals surface area contributed by atoms with Gasteiger partial charge in [-0.2, -0.15) is 0 Å². The van der Waals surface area contributed by atoms with Crippen molar-refractivity contribution in [1.29, 1.82) is 0 Å². The molecule has 2 N–H and O–H groups in total. The van der Waals surface area contributed by atoms with Gasteiger partial charge >= 0.3 is 6.09 Å². The number of unbranched alkanes of at least 4 members (excludes halogenated alkanes) is 1. The van der Waals surface area contributed by atoms with Crippen molar-refractivity contribution in [3.05, 3.63) is 36.0 Å². The van der Waals surface area contributed by atoms with Crippen LogP contribution < -0.4 is 0 Å². The lowest BCUT2D eigenvalue weighted by Crippen LogP contribution is -2.05. The fourth-order valence-electron chi connectivity index (χ4n) is 1.72. The van der Waals surface area contributed by atoms with Crippen LogP contribution in [-0.2, 0) is 0 Å². The van der Waals surface area contributed by atoms with Crippen LogP contribution >= 0.6 is 0 Å². The molecule has 1 aromatic heterocycles. The summed E-state index contributed by atoms with van der Waals surface area (Å²) in [4.78, 5) is 10.9. The second-order valence-corrected chi connectivity index (χ2v) is 3.87. The van der Waals surface area contributed by atoms with E-state index >= 15 is 0 Å². The van der Waals surface area contributed by atoms with E-state index in [2.05, 4.69) is 11.8 Å². The molecule has 0 aliphatic heterocycles. The van der Waals surface area contributed by atoms with E-state index in [1.165, 1.54) is 10.8 Å². The zero-order chi connectivity index (χ0) is 13.0. The summed E-state index contributed by atoms with van der Waals surface area (Å²) in [5.74, 6) is 5.96. The van der Waals surface area contributed by atoms with Gasteiger partial charge in [0.25, 0.3) is 0 Å². The third kappa shape index (κ3) is 2.53. The summed E-state index contributed by atoms with van der Waals surface area (Å²) in [7, 11) is 0. The predicted octanol–water partition coefficient (Wildman–Crippen LogP) is 2.29. The molecule has 2 aromatic rings. The Morgan fingerprint density at radius 2 is 2.17 bits per heavy atom. The second kappa shape index (κ2) is 5.39. The number of rotatable bonds is 2. The second-order valence-electron chi connectivity index (χ2n) is 3.87. The molecule has 2 rings (SSSR count). The molecule has 0 radical (unpaired) electrons. The number of fused-ring (bicyclic) bond motifs is 1. The molecule has 18 heavy (non-hydrogen) atoms. The van der Waals surface area contributed by atoms with Gasteiger partial charge in [-0.1, -0.05) is 11.8 Å². The highest BCUT2D eigenvalue weighted by molar-refractivity contribution is 5.89. The minimum atomic E-state index is -0.994. The first kappa shape index (κ1) is 12.2. The van der Waals surface area contributed by atoms with E-state index in [0.717, 1.165) is 10.9 Å². The lowest BCUT2D eigenvalue weighted by atomic mass is 10.1. The van der Waals surface area contributed by atoms with Crippen molar-refractivity contribution in [1.82, 2.24) is 4.57 Å². The zero-order valence-electron chi connectivity index (χ0n) is 9.76. The maximum Gasteiger partial charge on any atom is 0.415 e. The average molecular weight is 243 g/mol. The Balaban J connectivity index is 2.28. The zero-order valence-corrected chi connectivity index (χ0v) is 9.76. The monoisotopic (exact) mass is 243 g/mol. The molecule has 1 aromatic carbocycles. The van der Waals surface area contributed by atoms with Crippen LogP contribution in [0, 0.1) is 11.8 Å². The van der Waals surface area contributed by atoms with E-state index in [1.54, 1.807) is 18.2 Å². The Kier molecular flexibility index (Phi) is 3.66. The summed E-state index contributed by atoms with van der Waals surface area (Å²) >= 11 is 0. The standard InChI is InChI=1S/C14H13NO3/c16-9-3-1-2-4-11-5-6-13-12(10-11)7-8-15(13)14(17)18/h5-8,10,16H,1,3,9H2,(H,17,18). The van der Waals surface area contributed by atoms with Gasteiger partial charge in [0.15, 0.2) is 0 Å². The summed E-state index contributed by atoms with van der Waals surface area (Å²) in [5.41, 5.74) is 1.51. The van der Waals surface area contributed by atoms with Gasteiger partial charge in [-0.15, -0.1) is 0 Å². The molecule has 0 aliphatic carbocycles. The normalized spacial score (nSPS) is 10.1. The number of hydrogen-bond donors (Lipinski definition) is 2. The van der Waals surface area contributed by atoms with Crippen molar-refractivity contribution in [2.24, 2.45) is 0 Å². The predicted molar refractivity (Wildman–Crippen MR) is 68.6 cm³/mol. The number of aromatic nitrogens is 1. The number of carbonyl (C=O) groups is 1. The highest BCUT2D eigenvalue weighted by Crippen LogP contribution is 2.17. The van der Waals surface area contributed by atoms with Gasteiger partial charge in [-0.05, 0) is 30.7 Å². The van der Waals surface area contributed by atoms with Gasteiger partial charge in [0.2, 0.25) is 0 Å². The van der Waals surface area contributed by atoms with Crippen LogP contribution in [0.4, 0.5) is 4.79 Å². The van der Waals surface area contributed by atoms with Crippen LogP contribution in [0.25, 0.3) is 10.9 Å². The van der Waals surface area contributed by atoms with Gasteiger partial charge in [-0.3, -0.25) is 4.57 Å². The highest BCUT2D eigenvalue weighted by atomic mass is 16.4. The number of hydrogen-bond acceptors (Lipinski definition) is 2. The molecule has 0 saturated carbocycles. The molecule has 92 valence electrons. The van der Waals surface area contributed by atoms with Crippen LogP contribution in [0.3, 0.4) is 0 Å². The first-order valence-corrected chi connectivity index (χ1v) is 5.66. The largest absolute Gasteiger partial charge is 0.464 e. The van der Waals surface area contributed by atoms with Crippen molar-refractivity contribution >= 4 is 17.0 Å².